The van der Waals surface area contributed by atoms with Gasteiger partial charge in [0.05, 0.1) is 5.52 Å². The highest BCUT2D eigenvalue weighted by atomic mass is 79.9. The number of halogens is 1. The van der Waals surface area contributed by atoms with Gasteiger partial charge in [0.2, 0.25) is 5.88 Å². The molecule has 0 radical (unpaired) electrons. The van der Waals surface area contributed by atoms with E-state index in [1.807, 2.05) is 12.1 Å². The van der Waals surface area contributed by atoms with E-state index in [0.717, 1.165) is 40.6 Å². The zero-order chi connectivity index (χ0) is 12.5. The van der Waals surface area contributed by atoms with Gasteiger partial charge in [-0.05, 0) is 53.5 Å². The van der Waals surface area contributed by atoms with E-state index in [-0.39, 0.29) is 5.88 Å². The lowest BCUT2D eigenvalue weighted by Gasteiger charge is -2.16. The van der Waals surface area contributed by atoms with Crippen molar-refractivity contribution in [3.05, 3.63) is 34.3 Å². The van der Waals surface area contributed by atoms with Gasteiger partial charge in [0.15, 0.2) is 0 Å². The lowest BCUT2D eigenvalue weighted by Crippen LogP contribution is -2.18. The summed E-state index contributed by atoms with van der Waals surface area (Å²) in [6.07, 6.45) is 2.55. The standard InChI is InChI=1S/C14H15BrN2O/c15-12-5-3-4-11-10(8-13(18)16-14(11)12)9-17-6-1-2-7-17/h3-5,8H,1-2,6-7,9H2,(H,16,18). The van der Waals surface area contributed by atoms with Crippen LogP contribution in [0.5, 0.6) is 5.88 Å². The van der Waals surface area contributed by atoms with E-state index in [2.05, 4.69) is 31.9 Å². The number of para-hydroxylation sites is 1. The molecule has 4 heteroatoms. The molecule has 3 nitrogen and oxygen atoms in total. The summed E-state index contributed by atoms with van der Waals surface area (Å²) in [6, 6.07) is 7.82. The van der Waals surface area contributed by atoms with Crippen LogP contribution < -0.4 is 0 Å². The first kappa shape index (κ1) is 11.9. The van der Waals surface area contributed by atoms with Crippen LogP contribution in [0.25, 0.3) is 10.9 Å². The molecule has 0 atom stereocenters. The SMILES string of the molecule is Oc1cc(CN2CCCC2)c2cccc(Br)c2n1. The Balaban J connectivity index is 2.06. The highest BCUT2D eigenvalue weighted by Gasteiger charge is 2.15. The van der Waals surface area contributed by atoms with Crippen LogP contribution >= 0.6 is 15.9 Å². The Kier molecular flexibility index (Phi) is 3.22. The molecule has 3 rings (SSSR count). The van der Waals surface area contributed by atoms with Gasteiger partial charge >= 0.3 is 0 Å². The molecule has 1 saturated heterocycles. The molecule has 0 unspecified atom stereocenters. The third-order valence-electron chi connectivity index (χ3n) is 3.46. The van der Waals surface area contributed by atoms with E-state index in [4.69, 9.17) is 0 Å². The highest BCUT2D eigenvalue weighted by molar-refractivity contribution is 9.10. The molecule has 94 valence electrons. The van der Waals surface area contributed by atoms with Gasteiger partial charge in [-0.3, -0.25) is 4.90 Å². The summed E-state index contributed by atoms with van der Waals surface area (Å²) >= 11 is 3.49. The number of hydrogen-bond donors (Lipinski definition) is 1. The molecule has 0 spiro atoms. The summed E-state index contributed by atoms with van der Waals surface area (Å²) in [5.74, 6) is 0.101. The number of fused-ring (bicyclic) bond motifs is 1. The Hall–Kier alpha value is -1.13. The lowest BCUT2D eigenvalue weighted by molar-refractivity contribution is 0.331. The molecule has 1 N–H and O–H groups in total. The van der Waals surface area contributed by atoms with Crippen LogP contribution in [0.3, 0.4) is 0 Å². The first-order valence-corrected chi connectivity index (χ1v) is 7.03. The first-order chi connectivity index (χ1) is 8.74. The Morgan fingerprint density at radius 3 is 2.83 bits per heavy atom. The maximum absolute atomic E-state index is 9.76. The Morgan fingerprint density at radius 1 is 1.28 bits per heavy atom. The number of nitrogens with zero attached hydrogens (tertiary/aromatic N) is 2. The van der Waals surface area contributed by atoms with Crippen molar-refractivity contribution >= 4 is 26.8 Å². The normalized spacial score (nSPS) is 16.5. The van der Waals surface area contributed by atoms with Crippen LogP contribution in [0.15, 0.2) is 28.7 Å². The second-order valence-corrected chi connectivity index (χ2v) is 5.61. The molecule has 0 amide bonds. The molecule has 2 aromatic rings. The van der Waals surface area contributed by atoms with Gasteiger partial charge < -0.3 is 5.11 Å². The fourth-order valence-electron chi connectivity index (χ4n) is 2.58. The minimum atomic E-state index is 0.101. The van der Waals surface area contributed by atoms with Gasteiger partial charge in [0, 0.05) is 22.5 Å². The lowest BCUT2D eigenvalue weighted by atomic mass is 10.1. The van der Waals surface area contributed by atoms with E-state index >= 15 is 0 Å². The minimum Gasteiger partial charge on any atom is -0.493 e. The summed E-state index contributed by atoms with van der Waals surface area (Å²) in [5, 5.41) is 10.9. The highest BCUT2D eigenvalue weighted by Crippen LogP contribution is 2.28. The summed E-state index contributed by atoms with van der Waals surface area (Å²) in [4.78, 5) is 6.63. The van der Waals surface area contributed by atoms with Crippen LogP contribution in [0, 0.1) is 0 Å². The summed E-state index contributed by atoms with van der Waals surface area (Å²) in [6.45, 7) is 3.19. The largest absolute Gasteiger partial charge is 0.493 e. The number of likely N-dealkylation sites (tertiary alicyclic amines) is 1. The topological polar surface area (TPSA) is 36.4 Å². The summed E-state index contributed by atoms with van der Waals surface area (Å²) < 4.78 is 0.929. The number of rotatable bonds is 2. The van der Waals surface area contributed by atoms with Gasteiger partial charge in [0.1, 0.15) is 0 Å². The van der Waals surface area contributed by atoms with Crippen molar-refractivity contribution in [2.24, 2.45) is 0 Å². The van der Waals surface area contributed by atoms with Crippen LogP contribution in [0.4, 0.5) is 0 Å². The molecular weight excluding hydrogens is 292 g/mol. The van der Waals surface area contributed by atoms with E-state index in [0.29, 0.717) is 0 Å². The fraction of sp³-hybridized carbons (Fsp3) is 0.357. The van der Waals surface area contributed by atoms with Gasteiger partial charge in [-0.25, -0.2) is 4.98 Å². The van der Waals surface area contributed by atoms with E-state index in [9.17, 15) is 5.11 Å². The van der Waals surface area contributed by atoms with Crippen molar-refractivity contribution in [1.29, 1.82) is 0 Å². The van der Waals surface area contributed by atoms with E-state index in [1.165, 1.54) is 12.8 Å². The molecule has 1 fully saturated rings. The zero-order valence-corrected chi connectivity index (χ0v) is 11.7. The third-order valence-corrected chi connectivity index (χ3v) is 4.09. The van der Waals surface area contributed by atoms with E-state index < -0.39 is 0 Å². The summed E-state index contributed by atoms with van der Waals surface area (Å²) in [5.41, 5.74) is 1.99. The molecule has 0 aliphatic carbocycles. The Labute approximate surface area is 115 Å². The molecule has 1 aromatic heterocycles. The number of aromatic hydroxyl groups is 1. The van der Waals surface area contributed by atoms with Gasteiger partial charge in [0.25, 0.3) is 0 Å². The predicted molar refractivity (Wildman–Crippen MR) is 75.6 cm³/mol. The number of pyridine rings is 1. The molecule has 0 bridgehead atoms. The van der Waals surface area contributed by atoms with Crippen molar-refractivity contribution in [3.8, 4) is 5.88 Å². The van der Waals surface area contributed by atoms with Gasteiger partial charge in [-0.15, -0.1) is 0 Å². The fourth-order valence-corrected chi connectivity index (χ4v) is 3.04. The number of aromatic nitrogens is 1. The predicted octanol–water partition coefficient (Wildman–Crippen LogP) is 3.30. The monoisotopic (exact) mass is 306 g/mol. The molecule has 1 aliphatic heterocycles. The van der Waals surface area contributed by atoms with Crippen molar-refractivity contribution in [2.75, 3.05) is 13.1 Å². The summed E-state index contributed by atoms with van der Waals surface area (Å²) in [7, 11) is 0. The maximum Gasteiger partial charge on any atom is 0.211 e. The zero-order valence-electron chi connectivity index (χ0n) is 10.1. The Bertz CT molecular complexity index is 579. The molecule has 1 aromatic carbocycles. The first-order valence-electron chi connectivity index (χ1n) is 6.23. The molecule has 0 saturated carbocycles. The average Bonchev–Trinajstić information content (AvgIpc) is 2.83. The average molecular weight is 307 g/mol. The molecule has 2 heterocycles. The van der Waals surface area contributed by atoms with Crippen molar-refractivity contribution in [1.82, 2.24) is 9.88 Å². The number of hydrogen-bond acceptors (Lipinski definition) is 3. The minimum absolute atomic E-state index is 0.101. The van der Waals surface area contributed by atoms with Gasteiger partial charge in [-0.2, -0.15) is 0 Å². The van der Waals surface area contributed by atoms with E-state index in [1.54, 1.807) is 6.07 Å². The smallest absolute Gasteiger partial charge is 0.211 e. The maximum atomic E-state index is 9.76. The van der Waals surface area contributed by atoms with Crippen LogP contribution in [0.2, 0.25) is 0 Å². The van der Waals surface area contributed by atoms with Crippen molar-refractivity contribution < 1.29 is 5.11 Å². The van der Waals surface area contributed by atoms with Crippen molar-refractivity contribution in [3.63, 3.8) is 0 Å². The molecular formula is C14H15BrN2O. The second-order valence-electron chi connectivity index (χ2n) is 4.76. The quantitative estimate of drug-likeness (QED) is 0.925. The number of benzene rings is 1. The van der Waals surface area contributed by atoms with Gasteiger partial charge in [-0.1, -0.05) is 12.1 Å². The van der Waals surface area contributed by atoms with Crippen LogP contribution in [0.1, 0.15) is 18.4 Å². The molecule has 1 aliphatic rings. The molecule has 18 heavy (non-hydrogen) atoms. The van der Waals surface area contributed by atoms with Crippen molar-refractivity contribution in [2.45, 2.75) is 19.4 Å². The van der Waals surface area contributed by atoms with Crippen LogP contribution in [-0.4, -0.2) is 28.1 Å². The van der Waals surface area contributed by atoms with Crippen LogP contribution in [-0.2, 0) is 6.54 Å². The second kappa shape index (κ2) is 4.86. The third kappa shape index (κ3) is 2.22. The Morgan fingerprint density at radius 2 is 2.06 bits per heavy atom.